The van der Waals surface area contributed by atoms with Crippen LogP contribution in [0.3, 0.4) is 0 Å². The highest BCUT2D eigenvalue weighted by Gasteiger charge is 2.56. The summed E-state index contributed by atoms with van der Waals surface area (Å²) in [5, 5.41) is 0. The molecule has 1 aliphatic rings. The van der Waals surface area contributed by atoms with E-state index >= 15 is 0 Å². The summed E-state index contributed by atoms with van der Waals surface area (Å²) in [7, 11) is 0. The molecule has 1 fully saturated rings. The first-order chi connectivity index (χ1) is 7.94. The Morgan fingerprint density at radius 2 is 2.06 bits per heavy atom. The van der Waals surface area contributed by atoms with Gasteiger partial charge in [-0.3, -0.25) is 4.79 Å². The third-order valence-corrected chi connectivity index (χ3v) is 3.54. The SMILES string of the molecule is C=C(C)C1N(Cc2ccccc2)C(=O)C1(C)Cl. The second-order valence-electron chi connectivity index (χ2n) is 4.74. The smallest absolute Gasteiger partial charge is 0.246 e. The number of alkyl halides is 1. The molecule has 1 saturated heterocycles. The van der Waals surface area contributed by atoms with Crippen LogP contribution >= 0.6 is 11.6 Å². The van der Waals surface area contributed by atoms with Crippen molar-refractivity contribution in [2.75, 3.05) is 0 Å². The van der Waals surface area contributed by atoms with Gasteiger partial charge < -0.3 is 4.90 Å². The molecule has 2 unspecified atom stereocenters. The minimum atomic E-state index is -0.819. The van der Waals surface area contributed by atoms with Gasteiger partial charge in [0.15, 0.2) is 0 Å². The third kappa shape index (κ3) is 1.98. The first-order valence-electron chi connectivity index (χ1n) is 5.64. The number of β-lactam (4-membered cyclic amide) rings is 1. The molecule has 0 aromatic heterocycles. The molecule has 17 heavy (non-hydrogen) atoms. The minimum Gasteiger partial charge on any atom is -0.328 e. The number of nitrogens with zero attached hydrogens (tertiary/aromatic N) is 1. The minimum absolute atomic E-state index is 0.0176. The van der Waals surface area contributed by atoms with Crippen LogP contribution in [0.1, 0.15) is 19.4 Å². The molecule has 2 atom stereocenters. The maximum absolute atomic E-state index is 12.0. The molecule has 1 aromatic carbocycles. The van der Waals surface area contributed by atoms with E-state index in [2.05, 4.69) is 6.58 Å². The van der Waals surface area contributed by atoms with Crippen LogP contribution in [0.15, 0.2) is 42.5 Å². The first kappa shape index (κ1) is 12.2. The van der Waals surface area contributed by atoms with E-state index in [9.17, 15) is 4.79 Å². The van der Waals surface area contributed by atoms with E-state index in [0.29, 0.717) is 6.54 Å². The average Bonchev–Trinajstić information content (AvgIpc) is 2.28. The Morgan fingerprint density at radius 1 is 1.47 bits per heavy atom. The van der Waals surface area contributed by atoms with E-state index < -0.39 is 4.87 Å². The predicted octanol–water partition coefficient (Wildman–Crippen LogP) is 2.97. The number of likely N-dealkylation sites (tertiary alicyclic amines) is 1. The molecule has 2 nitrogen and oxygen atoms in total. The molecule has 0 radical (unpaired) electrons. The molecular formula is C14H16ClNO. The van der Waals surface area contributed by atoms with Crippen molar-refractivity contribution in [3.05, 3.63) is 48.0 Å². The van der Waals surface area contributed by atoms with Gasteiger partial charge in [0.1, 0.15) is 4.87 Å². The standard InChI is InChI=1S/C14H16ClNO/c1-10(2)12-14(3,15)13(17)16(12)9-11-7-5-4-6-8-11/h4-8,12H,1,9H2,2-3H3. The van der Waals surface area contributed by atoms with Crippen molar-refractivity contribution >= 4 is 17.5 Å². The first-order valence-corrected chi connectivity index (χ1v) is 6.01. The highest BCUT2D eigenvalue weighted by molar-refractivity contribution is 6.38. The summed E-state index contributed by atoms with van der Waals surface area (Å²) in [6.07, 6.45) is 0. The summed E-state index contributed by atoms with van der Waals surface area (Å²) in [4.78, 5) is 12.9. The Morgan fingerprint density at radius 3 is 2.59 bits per heavy atom. The summed E-state index contributed by atoms with van der Waals surface area (Å²) in [6, 6.07) is 9.84. The molecule has 2 rings (SSSR count). The van der Waals surface area contributed by atoms with E-state index in [0.717, 1.165) is 11.1 Å². The van der Waals surface area contributed by atoms with Gasteiger partial charge in [0.2, 0.25) is 5.91 Å². The summed E-state index contributed by atoms with van der Waals surface area (Å²) >= 11 is 6.22. The van der Waals surface area contributed by atoms with Crippen LogP contribution in [0.25, 0.3) is 0 Å². The topological polar surface area (TPSA) is 20.3 Å². The number of hydrogen-bond donors (Lipinski definition) is 0. The van der Waals surface area contributed by atoms with Crippen LogP contribution in [0.2, 0.25) is 0 Å². The highest BCUT2D eigenvalue weighted by Crippen LogP contribution is 2.41. The monoisotopic (exact) mass is 249 g/mol. The molecule has 1 aliphatic heterocycles. The molecule has 1 heterocycles. The number of halogens is 1. The van der Waals surface area contributed by atoms with Crippen LogP contribution in [-0.4, -0.2) is 21.7 Å². The lowest BCUT2D eigenvalue weighted by Gasteiger charge is -2.51. The zero-order chi connectivity index (χ0) is 12.6. The fourth-order valence-corrected chi connectivity index (χ4v) is 2.83. The number of rotatable bonds is 3. The zero-order valence-corrected chi connectivity index (χ0v) is 10.9. The largest absolute Gasteiger partial charge is 0.328 e. The van der Waals surface area contributed by atoms with Crippen LogP contribution in [0.4, 0.5) is 0 Å². The van der Waals surface area contributed by atoms with Crippen molar-refractivity contribution in [2.45, 2.75) is 31.3 Å². The molecule has 1 amide bonds. The van der Waals surface area contributed by atoms with E-state index in [4.69, 9.17) is 11.6 Å². The maximum Gasteiger partial charge on any atom is 0.246 e. The van der Waals surface area contributed by atoms with Gasteiger partial charge in [-0.25, -0.2) is 0 Å². The van der Waals surface area contributed by atoms with Crippen molar-refractivity contribution < 1.29 is 4.79 Å². The van der Waals surface area contributed by atoms with Crippen molar-refractivity contribution in [1.82, 2.24) is 4.90 Å². The number of carbonyl (C=O) groups is 1. The molecule has 90 valence electrons. The predicted molar refractivity (Wildman–Crippen MR) is 69.9 cm³/mol. The molecule has 0 saturated carbocycles. The van der Waals surface area contributed by atoms with Crippen molar-refractivity contribution in [2.24, 2.45) is 0 Å². The van der Waals surface area contributed by atoms with Gasteiger partial charge >= 0.3 is 0 Å². The van der Waals surface area contributed by atoms with Crippen molar-refractivity contribution in [1.29, 1.82) is 0 Å². The van der Waals surface area contributed by atoms with E-state index in [1.54, 1.807) is 11.8 Å². The second-order valence-corrected chi connectivity index (χ2v) is 5.53. The molecular weight excluding hydrogens is 234 g/mol. The Bertz CT molecular complexity index is 453. The Balaban J connectivity index is 2.17. The van der Waals surface area contributed by atoms with Gasteiger partial charge in [0.25, 0.3) is 0 Å². The van der Waals surface area contributed by atoms with E-state index in [1.807, 2.05) is 37.3 Å². The van der Waals surface area contributed by atoms with Crippen LogP contribution in [0.5, 0.6) is 0 Å². The van der Waals surface area contributed by atoms with Crippen LogP contribution in [-0.2, 0) is 11.3 Å². The van der Waals surface area contributed by atoms with Gasteiger partial charge in [0, 0.05) is 6.54 Å². The molecule has 0 bridgehead atoms. The lowest BCUT2D eigenvalue weighted by molar-refractivity contribution is -0.150. The summed E-state index contributed by atoms with van der Waals surface area (Å²) in [6.45, 7) is 8.19. The van der Waals surface area contributed by atoms with E-state index in [1.165, 1.54) is 0 Å². The molecule has 3 heteroatoms. The van der Waals surface area contributed by atoms with Crippen LogP contribution in [0, 0.1) is 0 Å². The number of amides is 1. The van der Waals surface area contributed by atoms with E-state index in [-0.39, 0.29) is 11.9 Å². The van der Waals surface area contributed by atoms with Gasteiger partial charge in [0.05, 0.1) is 6.04 Å². The summed E-state index contributed by atoms with van der Waals surface area (Å²) < 4.78 is 0. The molecule has 1 aromatic rings. The third-order valence-electron chi connectivity index (χ3n) is 3.17. The average molecular weight is 250 g/mol. The van der Waals surface area contributed by atoms with Gasteiger partial charge in [-0.1, -0.05) is 42.5 Å². The highest BCUT2D eigenvalue weighted by atomic mass is 35.5. The lowest BCUT2D eigenvalue weighted by atomic mass is 9.83. The van der Waals surface area contributed by atoms with Crippen LogP contribution < -0.4 is 0 Å². The molecule has 0 spiro atoms. The Hall–Kier alpha value is -1.28. The lowest BCUT2D eigenvalue weighted by Crippen LogP contribution is -2.69. The Kier molecular flexibility index (Phi) is 3.00. The maximum atomic E-state index is 12.0. The summed E-state index contributed by atoms with van der Waals surface area (Å²) in [5.41, 5.74) is 2.04. The van der Waals surface area contributed by atoms with Crippen molar-refractivity contribution in [3.63, 3.8) is 0 Å². The Labute approximate surface area is 107 Å². The summed E-state index contributed by atoms with van der Waals surface area (Å²) in [5.74, 6) is -0.0176. The number of hydrogen-bond acceptors (Lipinski definition) is 1. The normalized spacial score (nSPS) is 27.8. The molecule has 0 N–H and O–H groups in total. The van der Waals surface area contributed by atoms with Gasteiger partial charge in [-0.15, -0.1) is 11.6 Å². The second kappa shape index (κ2) is 4.19. The zero-order valence-electron chi connectivity index (χ0n) is 10.1. The molecule has 0 aliphatic carbocycles. The van der Waals surface area contributed by atoms with Gasteiger partial charge in [-0.2, -0.15) is 0 Å². The fraction of sp³-hybridized carbons (Fsp3) is 0.357. The number of benzene rings is 1. The van der Waals surface area contributed by atoms with Gasteiger partial charge in [-0.05, 0) is 19.4 Å². The fourth-order valence-electron chi connectivity index (χ4n) is 2.41. The quantitative estimate of drug-likeness (QED) is 0.458. The number of carbonyl (C=O) groups excluding carboxylic acids is 1. The van der Waals surface area contributed by atoms with Crippen molar-refractivity contribution in [3.8, 4) is 0 Å².